The third-order valence-corrected chi connectivity index (χ3v) is 6.09. The third kappa shape index (κ3) is 3.05. The zero-order valence-electron chi connectivity index (χ0n) is 11.7. The van der Waals surface area contributed by atoms with Crippen LogP contribution in [0.1, 0.15) is 31.5 Å². The molecule has 20 heavy (non-hydrogen) atoms. The lowest BCUT2D eigenvalue weighted by Gasteiger charge is -2.28. The summed E-state index contributed by atoms with van der Waals surface area (Å²) in [5, 5.41) is 3.41. The molecule has 6 nitrogen and oxygen atoms in total. The maximum absolute atomic E-state index is 12.4. The molecular weight excluding hydrogens is 276 g/mol. The molecular formula is C13H22N4O2S. The van der Waals surface area contributed by atoms with E-state index in [1.165, 1.54) is 12.8 Å². The number of rotatable bonds is 4. The largest absolute Gasteiger partial charge is 0.333 e. The maximum Gasteiger partial charge on any atom is 0.214 e. The van der Waals surface area contributed by atoms with Crippen LogP contribution in [0.25, 0.3) is 0 Å². The minimum atomic E-state index is -3.16. The second kappa shape index (κ2) is 5.83. The highest BCUT2D eigenvalue weighted by atomic mass is 32.2. The topological polar surface area (TPSA) is 67.2 Å². The summed E-state index contributed by atoms with van der Waals surface area (Å²) in [6.45, 7) is 2.69. The molecule has 1 aromatic rings. The van der Waals surface area contributed by atoms with E-state index in [0.29, 0.717) is 32.1 Å². The van der Waals surface area contributed by atoms with Crippen LogP contribution >= 0.6 is 0 Å². The predicted molar refractivity (Wildman–Crippen MR) is 76.7 cm³/mol. The summed E-state index contributed by atoms with van der Waals surface area (Å²) in [5.41, 5.74) is 0. The van der Waals surface area contributed by atoms with E-state index < -0.39 is 10.0 Å². The Labute approximate surface area is 120 Å². The summed E-state index contributed by atoms with van der Waals surface area (Å²) in [7, 11) is -3.16. The van der Waals surface area contributed by atoms with Gasteiger partial charge in [0.2, 0.25) is 10.0 Å². The van der Waals surface area contributed by atoms with E-state index in [-0.39, 0.29) is 5.75 Å². The molecule has 7 heteroatoms. The Morgan fingerprint density at radius 1 is 1.35 bits per heavy atom. The van der Waals surface area contributed by atoms with Crippen molar-refractivity contribution < 1.29 is 8.42 Å². The summed E-state index contributed by atoms with van der Waals surface area (Å²) in [6, 6.07) is 0.366. The van der Waals surface area contributed by atoms with Crippen LogP contribution in [0.4, 0.5) is 0 Å². The summed E-state index contributed by atoms with van der Waals surface area (Å²) < 4.78 is 28.4. The second-order valence-electron chi connectivity index (χ2n) is 5.62. The summed E-state index contributed by atoms with van der Waals surface area (Å²) >= 11 is 0. The summed E-state index contributed by atoms with van der Waals surface area (Å²) in [4.78, 5) is 4.21. The molecule has 1 saturated heterocycles. The van der Waals surface area contributed by atoms with Gasteiger partial charge in [0.05, 0.1) is 12.3 Å². The Balaban J connectivity index is 1.58. The van der Waals surface area contributed by atoms with Crippen molar-refractivity contribution in [3.63, 3.8) is 0 Å². The smallest absolute Gasteiger partial charge is 0.214 e. The number of aromatic nitrogens is 2. The van der Waals surface area contributed by atoms with Gasteiger partial charge < -0.3 is 9.88 Å². The number of hydrogen-bond acceptors (Lipinski definition) is 4. The monoisotopic (exact) mass is 298 g/mol. The van der Waals surface area contributed by atoms with Gasteiger partial charge in [-0.25, -0.2) is 13.4 Å². The van der Waals surface area contributed by atoms with E-state index in [1.54, 1.807) is 10.5 Å². The predicted octanol–water partition coefficient (Wildman–Crippen LogP) is 0.561. The Hall–Kier alpha value is -0.920. The van der Waals surface area contributed by atoms with Crippen molar-refractivity contribution in [3.05, 3.63) is 18.2 Å². The molecule has 0 saturated carbocycles. The highest BCUT2D eigenvalue weighted by molar-refractivity contribution is 7.89. The van der Waals surface area contributed by atoms with Crippen molar-refractivity contribution in [2.75, 3.05) is 18.8 Å². The molecule has 0 aliphatic carbocycles. The molecule has 3 heterocycles. The fourth-order valence-corrected chi connectivity index (χ4v) is 4.49. The van der Waals surface area contributed by atoms with Crippen molar-refractivity contribution in [3.8, 4) is 0 Å². The first kappa shape index (κ1) is 14.0. The van der Waals surface area contributed by atoms with E-state index in [2.05, 4.69) is 10.3 Å². The zero-order chi connectivity index (χ0) is 14.0. The zero-order valence-corrected chi connectivity index (χ0v) is 12.5. The van der Waals surface area contributed by atoms with Gasteiger partial charge in [-0.1, -0.05) is 6.42 Å². The molecule has 0 radical (unpaired) electrons. The fourth-order valence-electron chi connectivity index (χ4n) is 2.98. The molecule has 1 atom stereocenters. The highest BCUT2D eigenvalue weighted by Crippen LogP contribution is 2.17. The molecule has 1 aromatic heterocycles. The molecule has 0 amide bonds. The Morgan fingerprint density at radius 3 is 3.05 bits per heavy atom. The van der Waals surface area contributed by atoms with Crippen molar-refractivity contribution in [1.29, 1.82) is 0 Å². The first-order valence-corrected chi connectivity index (χ1v) is 8.97. The van der Waals surface area contributed by atoms with Crippen LogP contribution in [-0.4, -0.2) is 47.2 Å². The van der Waals surface area contributed by atoms with E-state index in [1.807, 2.05) is 10.8 Å². The van der Waals surface area contributed by atoms with Crippen LogP contribution in [0.2, 0.25) is 0 Å². The van der Waals surface area contributed by atoms with Crippen molar-refractivity contribution in [2.24, 2.45) is 0 Å². The van der Waals surface area contributed by atoms with Gasteiger partial charge in [-0.15, -0.1) is 0 Å². The van der Waals surface area contributed by atoms with Crippen molar-refractivity contribution >= 4 is 10.0 Å². The SMILES string of the molecule is O=S(=O)(CCC1CCCCN1)N1CCn2ccnc2C1. The quantitative estimate of drug-likeness (QED) is 0.882. The average molecular weight is 298 g/mol. The molecule has 0 spiro atoms. The minimum Gasteiger partial charge on any atom is -0.333 e. The molecule has 0 aromatic carbocycles. The Bertz CT molecular complexity index is 548. The van der Waals surface area contributed by atoms with Gasteiger partial charge in [-0.05, 0) is 25.8 Å². The van der Waals surface area contributed by atoms with Gasteiger partial charge in [0, 0.05) is 31.5 Å². The number of sulfonamides is 1. The molecule has 2 aliphatic rings. The molecule has 3 rings (SSSR count). The standard InChI is InChI=1S/C13H22N4O2S/c18-20(19,10-4-12-3-1-2-5-14-12)17-9-8-16-7-6-15-13(16)11-17/h6-7,12,14H,1-5,8-11H2. The number of nitrogens with zero attached hydrogens (tertiary/aromatic N) is 3. The first-order chi connectivity index (χ1) is 9.65. The molecule has 2 aliphatic heterocycles. The lowest BCUT2D eigenvalue weighted by Crippen LogP contribution is -2.41. The average Bonchev–Trinajstić information content (AvgIpc) is 2.94. The Morgan fingerprint density at radius 2 is 2.25 bits per heavy atom. The van der Waals surface area contributed by atoms with E-state index >= 15 is 0 Å². The van der Waals surface area contributed by atoms with Gasteiger partial charge >= 0.3 is 0 Å². The number of hydrogen-bond donors (Lipinski definition) is 1. The number of nitrogens with one attached hydrogen (secondary N) is 1. The molecule has 1 unspecified atom stereocenters. The van der Waals surface area contributed by atoms with Gasteiger partial charge in [0.25, 0.3) is 0 Å². The normalized spacial score (nSPS) is 24.5. The molecule has 1 N–H and O–H groups in total. The number of piperidine rings is 1. The Kier molecular flexibility index (Phi) is 4.09. The van der Waals surface area contributed by atoms with Crippen LogP contribution in [0.5, 0.6) is 0 Å². The number of fused-ring (bicyclic) bond motifs is 1. The van der Waals surface area contributed by atoms with Gasteiger partial charge in [-0.3, -0.25) is 0 Å². The molecule has 112 valence electrons. The van der Waals surface area contributed by atoms with Crippen molar-refractivity contribution in [2.45, 2.75) is 44.8 Å². The highest BCUT2D eigenvalue weighted by Gasteiger charge is 2.28. The van der Waals surface area contributed by atoms with Crippen molar-refractivity contribution in [1.82, 2.24) is 19.2 Å². The van der Waals surface area contributed by atoms with Crippen LogP contribution < -0.4 is 5.32 Å². The molecule has 0 bridgehead atoms. The van der Waals surface area contributed by atoms with Gasteiger partial charge in [-0.2, -0.15) is 4.31 Å². The third-order valence-electron chi connectivity index (χ3n) is 4.24. The van der Waals surface area contributed by atoms with Crippen LogP contribution in [0.3, 0.4) is 0 Å². The lowest BCUT2D eigenvalue weighted by atomic mass is 10.0. The summed E-state index contributed by atoms with van der Waals surface area (Å²) in [6.07, 6.45) is 7.87. The minimum absolute atomic E-state index is 0.241. The second-order valence-corrected chi connectivity index (χ2v) is 7.71. The van der Waals surface area contributed by atoms with Crippen LogP contribution in [0.15, 0.2) is 12.4 Å². The van der Waals surface area contributed by atoms with E-state index in [4.69, 9.17) is 0 Å². The molecule has 1 fully saturated rings. The maximum atomic E-state index is 12.4. The number of imidazole rings is 1. The fraction of sp³-hybridized carbons (Fsp3) is 0.769. The first-order valence-electron chi connectivity index (χ1n) is 7.36. The van der Waals surface area contributed by atoms with E-state index in [9.17, 15) is 8.42 Å². The van der Waals surface area contributed by atoms with Gasteiger partial charge in [0.15, 0.2) is 0 Å². The van der Waals surface area contributed by atoms with Crippen LogP contribution in [-0.2, 0) is 23.1 Å². The van der Waals surface area contributed by atoms with Crippen LogP contribution in [0, 0.1) is 0 Å². The van der Waals surface area contributed by atoms with Gasteiger partial charge in [0.1, 0.15) is 5.82 Å². The lowest BCUT2D eigenvalue weighted by molar-refractivity contribution is 0.331. The van der Waals surface area contributed by atoms with E-state index in [0.717, 1.165) is 18.8 Å². The summed E-state index contributed by atoms with van der Waals surface area (Å²) in [5.74, 6) is 1.08.